The van der Waals surface area contributed by atoms with Crippen LogP contribution in [-0.4, -0.2) is 10.7 Å². The summed E-state index contributed by atoms with van der Waals surface area (Å²) in [6.45, 7) is 4.86. The Morgan fingerprint density at radius 2 is 1.78 bits per heavy atom. The fourth-order valence-corrected chi connectivity index (χ4v) is 0.224. The van der Waals surface area contributed by atoms with E-state index in [-0.39, 0.29) is 6.15 Å². The minimum absolute atomic E-state index is 0. The number of hydrogen-bond acceptors (Lipinski definition) is 4. The lowest BCUT2D eigenvalue weighted by atomic mass is 10.2. The van der Waals surface area contributed by atoms with Gasteiger partial charge in [0.2, 0.25) is 0 Å². The van der Waals surface area contributed by atoms with Crippen molar-refractivity contribution in [2.75, 3.05) is 0 Å². The Hall–Kier alpha value is -0.840. The summed E-state index contributed by atoms with van der Waals surface area (Å²) in [7, 11) is 0. The van der Waals surface area contributed by atoms with E-state index in [1.54, 1.807) is 20.8 Å². The summed E-state index contributed by atoms with van der Waals surface area (Å²) < 4.78 is 0. The van der Waals surface area contributed by atoms with Gasteiger partial charge in [0.15, 0.2) is 0 Å². The van der Waals surface area contributed by atoms with Gasteiger partial charge in [-0.05, 0) is 20.8 Å². The second kappa shape index (κ2) is 3.24. The molecule has 0 amide bonds. The predicted molar refractivity (Wildman–Crippen MR) is 32.9 cm³/mol. The molecule has 0 bridgehead atoms. The van der Waals surface area contributed by atoms with Gasteiger partial charge in [0, 0.05) is 0 Å². The van der Waals surface area contributed by atoms with Crippen molar-refractivity contribution in [2.45, 2.75) is 26.4 Å². The van der Waals surface area contributed by atoms with Crippen LogP contribution >= 0.6 is 0 Å². The molecule has 0 aromatic carbocycles. The largest absolute Gasteiger partial charge is 0.344 e. The third kappa shape index (κ3) is 11.0. The van der Waals surface area contributed by atoms with E-state index in [1.807, 2.05) is 0 Å². The van der Waals surface area contributed by atoms with Crippen molar-refractivity contribution in [2.24, 2.45) is 0 Å². The highest BCUT2D eigenvalue weighted by Gasteiger charge is 2.13. The Bertz CT molecular complexity index is 96.5. The average molecular weight is 136 g/mol. The lowest BCUT2D eigenvalue weighted by Crippen LogP contribution is -2.22. The Labute approximate surface area is 53.7 Å². The molecule has 0 saturated heterocycles. The fourth-order valence-electron chi connectivity index (χ4n) is 0.224. The summed E-state index contributed by atoms with van der Waals surface area (Å²) in [6.07, 6.45) is 0. The van der Waals surface area contributed by atoms with Crippen LogP contribution in [-0.2, 0) is 4.84 Å². The SMILES string of the molecule is CC(C)(C)O[N+](=O)[O-].N. The summed E-state index contributed by atoms with van der Waals surface area (Å²) in [5.41, 5.74) is -0.677. The van der Waals surface area contributed by atoms with Gasteiger partial charge in [-0.1, -0.05) is 0 Å². The summed E-state index contributed by atoms with van der Waals surface area (Å²) in [4.78, 5) is 13.8. The van der Waals surface area contributed by atoms with E-state index >= 15 is 0 Å². The summed E-state index contributed by atoms with van der Waals surface area (Å²) in [6, 6.07) is 0. The van der Waals surface area contributed by atoms with Crippen LogP contribution in [0.15, 0.2) is 0 Å². The highest BCUT2D eigenvalue weighted by Crippen LogP contribution is 2.05. The third-order valence-electron chi connectivity index (χ3n) is 0.348. The molecule has 9 heavy (non-hydrogen) atoms. The molecule has 0 heterocycles. The van der Waals surface area contributed by atoms with E-state index in [4.69, 9.17) is 0 Å². The minimum Gasteiger partial charge on any atom is -0.344 e. The van der Waals surface area contributed by atoms with Crippen LogP contribution in [0, 0.1) is 10.1 Å². The Balaban J connectivity index is 0. The lowest BCUT2D eigenvalue weighted by Gasteiger charge is -2.13. The molecule has 0 fully saturated rings. The van der Waals surface area contributed by atoms with Crippen molar-refractivity contribution in [3.8, 4) is 0 Å². The van der Waals surface area contributed by atoms with Crippen LogP contribution in [0.25, 0.3) is 0 Å². The van der Waals surface area contributed by atoms with Crippen LogP contribution in [0.4, 0.5) is 0 Å². The first kappa shape index (κ1) is 11.0. The van der Waals surface area contributed by atoms with E-state index < -0.39 is 10.7 Å². The van der Waals surface area contributed by atoms with Crippen LogP contribution in [0.1, 0.15) is 20.8 Å². The van der Waals surface area contributed by atoms with E-state index in [1.165, 1.54) is 0 Å². The molecular formula is C4H12N2O3. The molecule has 0 unspecified atom stereocenters. The summed E-state index contributed by atoms with van der Waals surface area (Å²) >= 11 is 0. The van der Waals surface area contributed by atoms with Crippen molar-refractivity contribution in [1.82, 2.24) is 6.15 Å². The quantitative estimate of drug-likeness (QED) is 0.432. The Kier molecular flexibility index (Phi) is 3.97. The molecule has 0 aromatic heterocycles. The van der Waals surface area contributed by atoms with Crippen LogP contribution < -0.4 is 6.15 Å². The average Bonchev–Trinajstić information content (AvgIpc) is 1.21. The number of hydrogen-bond donors (Lipinski definition) is 1. The standard InChI is InChI=1S/C4H9NO3.H3N/c1-4(2,3)8-5(6)7;/h1-3H3;1H3. The fraction of sp³-hybridized carbons (Fsp3) is 1.00. The van der Waals surface area contributed by atoms with Crippen LogP contribution in [0.5, 0.6) is 0 Å². The molecule has 0 aliphatic rings. The molecule has 0 aliphatic heterocycles. The Morgan fingerprint density at radius 3 is 1.78 bits per heavy atom. The maximum absolute atomic E-state index is 9.60. The highest BCUT2D eigenvalue weighted by molar-refractivity contribution is 4.53. The zero-order valence-electron chi connectivity index (χ0n) is 5.88. The van der Waals surface area contributed by atoms with Crippen molar-refractivity contribution in [1.29, 1.82) is 0 Å². The maximum Gasteiger partial charge on any atom is 0.295 e. The molecule has 0 saturated carbocycles. The first-order valence-electron chi connectivity index (χ1n) is 2.25. The van der Waals surface area contributed by atoms with Crippen molar-refractivity contribution in [3.63, 3.8) is 0 Å². The van der Waals surface area contributed by atoms with Crippen molar-refractivity contribution in [3.05, 3.63) is 10.1 Å². The summed E-state index contributed by atoms with van der Waals surface area (Å²) in [5.74, 6) is 0. The smallest absolute Gasteiger partial charge is 0.295 e. The van der Waals surface area contributed by atoms with Crippen molar-refractivity contribution < 1.29 is 9.92 Å². The van der Waals surface area contributed by atoms with Gasteiger partial charge >= 0.3 is 0 Å². The molecule has 5 heteroatoms. The van der Waals surface area contributed by atoms with E-state index in [9.17, 15) is 10.1 Å². The second-order valence-corrected chi connectivity index (χ2v) is 2.43. The summed E-state index contributed by atoms with van der Waals surface area (Å²) in [5, 5.41) is 8.81. The zero-order valence-corrected chi connectivity index (χ0v) is 5.88. The molecule has 56 valence electrons. The number of rotatable bonds is 1. The van der Waals surface area contributed by atoms with E-state index in [0.29, 0.717) is 0 Å². The van der Waals surface area contributed by atoms with Gasteiger partial charge < -0.3 is 11.0 Å². The van der Waals surface area contributed by atoms with Crippen molar-refractivity contribution >= 4 is 0 Å². The van der Waals surface area contributed by atoms with E-state index in [2.05, 4.69) is 4.84 Å². The van der Waals surface area contributed by atoms with Gasteiger partial charge in [0.1, 0.15) is 5.60 Å². The van der Waals surface area contributed by atoms with Gasteiger partial charge in [0.05, 0.1) is 0 Å². The second-order valence-electron chi connectivity index (χ2n) is 2.43. The van der Waals surface area contributed by atoms with Crippen LogP contribution in [0.2, 0.25) is 0 Å². The minimum atomic E-state index is -0.792. The molecular weight excluding hydrogens is 124 g/mol. The molecule has 0 spiro atoms. The predicted octanol–water partition coefficient (Wildman–Crippen LogP) is 1.16. The third-order valence-corrected chi connectivity index (χ3v) is 0.348. The molecule has 3 N–H and O–H groups in total. The van der Waals surface area contributed by atoms with Gasteiger partial charge in [-0.3, -0.25) is 0 Å². The lowest BCUT2D eigenvalue weighted by molar-refractivity contribution is -0.778. The number of nitrogens with zero attached hydrogens (tertiary/aromatic N) is 1. The highest BCUT2D eigenvalue weighted by atomic mass is 17.0. The molecule has 5 nitrogen and oxygen atoms in total. The maximum atomic E-state index is 9.60. The molecule has 0 atom stereocenters. The van der Waals surface area contributed by atoms with Gasteiger partial charge in [-0.15, -0.1) is 10.1 Å². The van der Waals surface area contributed by atoms with Gasteiger partial charge in [-0.25, -0.2) is 0 Å². The van der Waals surface area contributed by atoms with Gasteiger partial charge in [0.25, 0.3) is 5.09 Å². The Morgan fingerprint density at radius 1 is 1.44 bits per heavy atom. The normalized spacial score (nSPS) is 9.67. The molecule has 0 radical (unpaired) electrons. The first-order valence-corrected chi connectivity index (χ1v) is 2.25. The topological polar surface area (TPSA) is 87.4 Å². The molecule has 0 rings (SSSR count). The van der Waals surface area contributed by atoms with E-state index in [0.717, 1.165) is 0 Å². The van der Waals surface area contributed by atoms with Crippen LogP contribution in [0.3, 0.4) is 0 Å². The van der Waals surface area contributed by atoms with Gasteiger partial charge in [-0.2, -0.15) is 0 Å². The zero-order chi connectivity index (χ0) is 6.78. The molecule has 0 aromatic rings. The first-order chi connectivity index (χ1) is 3.42. The monoisotopic (exact) mass is 136 g/mol. The molecule has 0 aliphatic carbocycles.